The Morgan fingerprint density at radius 2 is 1.84 bits per heavy atom. The van der Waals surface area contributed by atoms with E-state index in [-0.39, 0.29) is 12.0 Å². The number of carbonyl (C=O) groups is 1. The summed E-state index contributed by atoms with van der Waals surface area (Å²) in [5, 5.41) is 3.01. The van der Waals surface area contributed by atoms with E-state index < -0.39 is 0 Å². The monoisotopic (exact) mass is 426 g/mol. The van der Waals surface area contributed by atoms with Gasteiger partial charge in [0.25, 0.3) is 5.91 Å². The Kier molecular flexibility index (Phi) is 9.18. The van der Waals surface area contributed by atoms with Crippen molar-refractivity contribution < 1.29 is 19.0 Å². The summed E-state index contributed by atoms with van der Waals surface area (Å²) in [6.45, 7) is 9.23. The minimum atomic E-state index is -0.0838. The lowest BCUT2D eigenvalue weighted by Gasteiger charge is -2.33. The van der Waals surface area contributed by atoms with Crippen LogP contribution >= 0.6 is 0 Å². The molecule has 1 unspecified atom stereocenters. The summed E-state index contributed by atoms with van der Waals surface area (Å²) in [6.07, 6.45) is 2.12. The van der Waals surface area contributed by atoms with Crippen LogP contribution < -0.4 is 14.8 Å². The maximum Gasteiger partial charge on any atom is 0.251 e. The summed E-state index contributed by atoms with van der Waals surface area (Å²) in [4.78, 5) is 14.9. The number of amides is 1. The van der Waals surface area contributed by atoms with Crippen molar-refractivity contribution >= 4 is 5.91 Å². The van der Waals surface area contributed by atoms with Crippen molar-refractivity contribution in [1.82, 2.24) is 10.2 Å². The van der Waals surface area contributed by atoms with Crippen LogP contribution in [0.1, 0.15) is 48.7 Å². The van der Waals surface area contributed by atoms with E-state index in [9.17, 15) is 4.79 Å². The number of nitrogens with zero attached hydrogens (tertiary/aromatic N) is 1. The fourth-order valence-corrected chi connectivity index (χ4v) is 3.73. The number of unbranched alkanes of at least 4 members (excludes halogenated alkanes) is 1. The zero-order valence-electron chi connectivity index (χ0n) is 18.6. The van der Waals surface area contributed by atoms with Gasteiger partial charge in [-0.05, 0) is 57.0 Å². The molecule has 2 aromatic carbocycles. The molecule has 31 heavy (non-hydrogen) atoms. The van der Waals surface area contributed by atoms with E-state index >= 15 is 0 Å². The molecule has 1 aliphatic rings. The molecule has 0 aliphatic carbocycles. The first-order valence-electron chi connectivity index (χ1n) is 11.3. The summed E-state index contributed by atoms with van der Waals surface area (Å²) in [5.74, 6) is 1.19. The van der Waals surface area contributed by atoms with Crippen molar-refractivity contribution in [3.05, 3.63) is 59.7 Å². The molecule has 3 rings (SSSR count). The summed E-state index contributed by atoms with van der Waals surface area (Å²) >= 11 is 0. The topological polar surface area (TPSA) is 60.0 Å². The van der Waals surface area contributed by atoms with Gasteiger partial charge in [0.15, 0.2) is 11.5 Å². The normalized spacial score (nSPS) is 16.6. The first-order chi connectivity index (χ1) is 15.2. The summed E-state index contributed by atoms with van der Waals surface area (Å²) < 4.78 is 17.1. The number of ether oxygens (including phenoxy) is 3. The second-order valence-corrected chi connectivity index (χ2v) is 7.56. The zero-order chi connectivity index (χ0) is 21.9. The van der Waals surface area contributed by atoms with Crippen LogP contribution in [0.5, 0.6) is 11.5 Å². The molecule has 0 bridgehead atoms. The van der Waals surface area contributed by atoms with Crippen molar-refractivity contribution in [2.75, 3.05) is 46.0 Å². The van der Waals surface area contributed by atoms with Crippen LogP contribution in [0.4, 0.5) is 0 Å². The van der Waals surface area contributed by atoms with Gasteiger partial charge in [0.1, 0.15) is 0 Å². The summed E-state index contributed by atoms with van der Waals surface area (Å²) in [5.41, 5.74) is 1.83. The highest BCUT2D eigenvalue weighted by Gasteiger charge is 2.21. The Balaban J connectivity index is 1.39. The zero-order valence-corrected chi connectivity index (χ0v) is 18.6. The number of carbonyl (C=O) groups excluding carboxylic acids is 1. The molecular formula is C25H34N2O4. The van der Waals surface area contributed by atoms with Crippen molar-refractivity contribution in [3.8, 4) is 11.5 Å². The van der Waals surface area contributed by atoms with Gasteiger partial charge < -0.3 is 19.5 Å². The number of benzene rings is 2. The Hall–Kier alpha value is -2.57. The Morgan fingerprint density at radius 3 is 2.61 bits per heavy atom. The molecule has 1 heterocycles. The quantitative estimate of drug-likeness (QED) is 0.549. The third-order valence-electron chi connectivity index (χ3n) is 5.31. The SMILES string of the molecule is CCOc1ccc(C(=O)NCCCCN2CCOC(c3ccccc3)C2)cc1OCC. The number of hydrogen-bond acceptors (Lipinski definition) is 5. The fourth-order valence-electron chi connectivity index (χ4n) is 3.73. The van der Waals surface area contributed by atoms with Gasteiger partial charge in [-0.3, -0.25) is 9.69 Å². The maximum absolute atomic E-state index is 12.5. The Labute approximate surface area is 185 Å². The van der Waals surface area contributed by atoms with E-state index in [4.69, 9.17) is 14.2 Å². The third-order valence-corrected chi connectivity index (χ3v) is 5.31. The highest BCUT2D eigenvalue weighted by molar-refractivity contribution is 5.94. The standard InChI is InChI=1S/C25H34N2O4/c1-3-29-22-13-12-21(18-23(22)30-4-2)25(28)26-14-8-9-15-27-16-17-31-24(19-27)20-10-6-5-7-11-20/h5-7,10-13,18,24H,3-4,8-9,14-17,19H2,1-2H3,(H,26,28). The van der Waals surface area contributed by atoms with E-state index in [1.807, 2.05) is 19.9 Å². The van der Waals surface area contributed by atoms with Gasteiger partial charge in [-0.2, -0.15) is 0 Å². The fraction of sp³-hybridized carbons (Fsp3) is 0.480. The van der Waals surface area contributed by atoms with Gasteiger partial charge in [0.05, 0.1) is 25.9 Å². The highest BCUT2D eigenvalue weighted by atomic mass is 16.5. The van der Waals surface area contributed by atoms with E-state index in [0.717, 1.165) is 39.1 Å². The minimum Gasteiger partial charge on any atom is -0.490 e. The third kappa shape index (κ3) is 6.97. The summed E-state index contributed by atoms with van der Waals surface area (Å²) in [7, 11) is 0. The van der Waals surface area contributed by atoms with E-state index in [0.29, 0.717) is 36.8 Å². The molecule has 0 saturated carbocycles. The summed E-state index contributed by atoms with van der Waals surface area (Å²) in [6, 6.07) is 15.7. The predicted octanol–water partition coefficient (Wildman–Crippen LogP) is 4.07. The minimum absolute atomic E-state index is 0.0838. The van der Waals surface area contributed by atoms with Crippen molar-refractivity contribution in [2.24, 2.45) is 0 Å². The van der Waals surface area contributed by atoms with E-state index in [1.54, 1.807) is 18.2 Å². The van der Waals surface area contributed by atoms with Crippen LogP contribution in [-0.4, -0.2) is 56.8 Å². The lowest BCUT2D eigenvalue weighted by molar-refractivity contribution is -0.0303. The molecule has 6 heteroatoms. The lowest BCUT2D eigenvalue weighted by atomic mass is 10.1. The first kappa shape index (κ1) is 23.1. The lowest BCUT2D eigenvalue weighted by Crippen LogP contribution is -2.39. The molecule has 1 atom stereocenters. The van der Waals surface area contributed by atoms with Gasteiger partial charge in [-0.15, -0.1) is 0 Å². The van der Waals surface area contributed by atoms with Crippen LogP contribution in [0.15, 0.2) is 48.5 Å². The van der Waals surface area contributed by atoms with Gasteiger partial charge in [0.2, 0.25) is 0 Å². The van der Waals surface area contributed by atoms with Gasteiger partial charge >= 0.3 is 0 Å². The van der Waals surface area contributed by atoms with Gasteiger partial charge in [-0.25, -0.2) is 0 Å². The van der Waals surface area contributed by atoms with Crippen molar-refractivity contribution in [1.29, 1.82) is 0 Å². The molecule has 0 aromatic heterocycles. The maximum atomic E-state index is 12.5. The van der Waals surface area contributed by atoms with Crippen LogP contribution in [-0.2, 0) is 4.74 Å². The second kappa shape index (κ2) is 12.3. The first-order valence-corrected chi connectivity index (χ1v) is 11.3. The molecule has 0 radical (unpaired) electrons. The van der Waals surface area contributed by atoms with Crippen LogP contribution in [0, 0.1) is 0 Å². The molecule has 1 amide bonds. The predicted molar refractivity (Wildman–Crippen MR) is 122 cm³/mol. The molecule has 0 spiro atoms. The van der Waals surface area contributed by atoms with Gasteiger partial charge in [0, 0.05) is 25.2 Å². The second-order valence-electron chi connectivity index (χ2n) is 7.56. The molecular weight excluding hydrogens is 392 g/mol. The molecule has 168 valence electrons. The average Bonchev–Trinajstić information content (AvgIpc) is 2.81. The number of morpholine rings is 1. The molecule has 2 aromatic rings. The van der Waals surface area contributed by atoms with Crippen LogP contribution in [0.2, 0.25) is 0 Å². The van der Waals surface area contributed by atoms with Crippen LogP contribution in [0.3, 0.4) is 0 Å². The molecule has 1 aliphatic heterocycles. The van der Waals surface area contributed by atoms with E-state index in [2.05, 4.69) is 34.5 Å². The van der Waals surface area contributed by atoms with Crippen molar-refractivity contribution in [3.63, 3.8) is 0 Å². The largest absolute Gasteiger partial charge is 0.490 e. The average molecular weight is 427 g/mol. The molecule has 1 fully saturated rings. The molecule has 1 saturated heterocycles. The molecule has 1 N–H and O–H groups in total. The van der Waals surface area contributed by atoms with Gasteiger partial charge in [-0.1, -0.05) is 30.3 Å². The number of nitrogens with one attached hydrogen (secondary N) is 1. The Bertz CT molecular complexity index is 812. The van der Waals surface area contributed by atoms with Crippen molar-refractivity contribution in [2.45, 2.75) is 32.8 Å². The van der Waals surface area contributed by atoms with Crippen LogP contribution in [0.25, 0.3) is 0 Å². The van der Waals surface area contributed by atoms with E-state index in [1.165, 1.54) is 5.56 Å². The highest BCUT2D eigenvalue weighted by Crippen LogP contribution is 2.28. The smallest absolute Gasteiger partial charge is 0.251 e. The molecule has 6 nitrogen and oxygen atoms in total. The Morgan fingerprint density at radius 1 is 1.06 bits per heavy atom. The number of hydrogen-bond donors (Lipinski definition) is 1. The number of rotatable bonds is 11.